The average molecular weight is 206 g/mol. The highest BCUT2D eigenvalue weighted by molar-refractivity contribution is 7.96. The summed E-state index contributed by atoms with van der Waals surface area (Å²) in [6.45, 7) is 0. The fourth-order valence-corrected chi connectivity index (χ4v) is 2.00. The molecule has 0 bridgehead atoms. The topological polar surface area (TPSA) is 34.1 Å². The number of hydrogen-bond donors (Lipinski definition) is 0. The summed E-state index contributed by atoms with van der Waals surface area (Å²) >= 11 is 0. The standard InChI is InChI=1S/C11H10O2S/c12-14(13,9-8-10-6-7-10)11-4-2-1-3-5-11/h1-5,10H,6-7H2. The van der Waals surface area contributed by atoms with E-state index in [1.165, 1.54) is 0 Å². The lowest BCUT2D eigenvalue weighted by Gasteiger charge is -1.93. The van der Waals surface area contributed by atoms with Crippen molar-refractivity contribution in [2.45, 2.75) is 17.7 Å². The Hall–Kier alpha value is -1.27. The smallest absolute Gasteiger partial charge is 0.210 e. The molecule has 0 aromatic heterocycles. The largest absolute Gasteiger partial charge is 0.245 e. The Morgan fingerprint density at radius 1 is 1.14 bits per heavy atom. The molecule has 3 heteroatoms. The van der Waals surface area contributed by atoms with E-state index in [4.69, 9.17) is 0 Å². The van der Waals surface area contributed by atoms with E-state index in [1.807, 2.05) is 0 Å². The summed E-state index contributed by atoms with van der Waals surface area (Å²) in [7, 11) is -3.38. The zero-order valence-corrected chi connectivity index (χ0v) is 8.42. The van der Waals surface area contributed by atoms with Gasteiger partial charge in [0.05, 0.1) is 4.90 Å². The molecule has 0 heterocycles. The molecule has 0 unspecified atom stereocenters. The van der Waals surface area contributed by atoms with E-state index in [0.29, 0.717) is 5.92 Å². The van der Waals surface area contributed by atoms with Gasteiger partial charge in [0.15, 0.2) is 0 Å². The van der Waals surface area contributed by atoms with Gasteiger partial charge >= 0.3 is 0 Å². The Labute approximate surface area is 83.9 Å². The maximum absolute atomic E-state index is 11.6. The van der Waals surface area contributed by atoms with E-state index in [-0.39, 0.29) is 4.90 Å². The number of hydrogen-bond acceptors (Lipinski definition) is 2. The molecular weight excluding hydrogens is 196 g/mol. The van der Waals surface area contributed by atoms with E-state index >= 15 is 0 Å². The fourth-order valence-electron chi connectivity index (χ4n) is 1.05. The molecule has 1 aromatic carbocycles. The van der Waals surface area contributed by atoms with Crippen molar-refractivity contribution in [3.05, 3.63) is 30.3 Å². The van der Waals surface area contributed by atoms with Crippen LogP contribution in [0.5, 0.6) is 0 Å². The van der Waals surface area contributed by atoms with Gasteiger partial charge in [0.2, 0.25) is 9.84 Å². The summed E-state index contributed by atoms with van der Waals surface area (Å²) in [6, 6.07) is 8.32. The minimum atomic E-state index is -3.38. The average Bonchev–Trinajstić information content (AvgIpc) is 3.00. The quantitative estimate of drug-likeness (QED) is 0.519. The van der Waals surface area contributed by atoms with Crippen LogP contribution in [0.15, 0.2) is 35.2 Å². The predicted octanol–water partition coefficient (Wildman–Crippen LogP) is 1.83. The minimum Gasteiger partial charge on any atom is -0.210 e. The van der Waals surface area contributed by atoms with E-state index < -0.39 is 9.84 Å². The maximum Gasteiger partial charge on any atom is 0.245 e. The second-order valence-corrected chi connectivity index (χ2v) is 5.02. The molecule has 2 nitrogen and oxygen atoms in total. The first-order chi connectivity index (χ1) is 6.68. The third-order valence-electron chi connectivity index (χ3n) is 2.03. The fraction of sp³-hybridized carbons (Fsp3) is 0.273. The molecule has 1 aliphatic rings. The van der Waals surface area contributed by atoms with Crippen molar-refractivity contribution >= 4 is 9.84 Å². The van der Waals surface area contributed by atoms with Crippen LogP contribution in [0, 0.1) is 17.1 Å². The molecule has 72 valence electrons. The number of benzene rings is 1. The lowest BCUT2D eigenvalue weighted by Crippen LogP contribution is -1.96. The summed E-state index contributed by atoms with van der Waals surface area (Å²) in [5.41, 5.74) is 0. The third kappa shape index (κ3) is 2.15. The first kappa shape index (κ1) is 9.29. The summed E-state index contributed by atoms with van der Waals surface area (Å²) in [6.07, 6.45) is 2.08. The van der Waals surface area contributed by atoms with Gasteiger partial charge in [0, 0.05) is 11.2 Å². The van der Waals surface area contributed by atoms with Crippen LogP contribution in [0.3, 0.4) is 0 Å². The van der Waals surface area contributed by atoms with Crippen LogP contribution in [0.25, 0.3) is 0 Å². The lowest BCUT2D eigenvalue weighted by atomic mass is 10.4. The van der Waals surface area contributed by atoms with Crippen molar-refractivity contribution in [2.24, 2.45) is 5.92 Å². The highest BCUT2D eigenvalue weighted by Gasteiger charge is 2.19. The van der Waals surface area contributed by atoms with Gasteiger partial charge in [-0.05, 0) is 25.0 Å². The van der Waals surface area contributed by atoms with Crippen LogP contribution in [0.4, 0.5) is 0 Å². The van der Waals surface area contributed by atoms with Crippen LogP contribution in [0.2, 0.25) is 0 Å². The Bertz CT molecular complexity index is 473. The molecule has 0 saturated heterocycles. The number of sulfone groups is 1. The molecule has 14 heavy (non-hydrogen) atoms. The van der Waals surface area contributed by atoms with Crippen LogP contribution in [0.1, 0.15) is 12.8 Å². The Balaban J connectivity index is 2.30. The van der Waals surface area contributed by atoms with Crippen LogP contribution in [-0.4, -0.2) is 8.42 Å². The monoisotopic (exact) mass is 206 g/mol. The summed E-state index contributed by atoms with van der Waals surface area (Å²) in [4.78, 5) is 0.285. The zero-order valence-electron chi connectivity index (χ0n) is 7.60. The first-order valence-corrected chi connectivity index (χ1v) is 5.99. The molecule has 1 aliphatic carbocycles. The van der Waals surface area contributed by atoms with Gasteiger partial charge in [0.1, 0.15) is 0 Å². The second kappa shape index (κ2) is 3.47. The predicted molar refractivity (Wildman–Crippen MR) is 54.1 cm³/mol. The maximum atomic E-state index is 11.6. The van der Waals surface area contributed by atoms with E-state index in [0.717, 1.165) is 12.8 Å². The van der Waals surface area contributed by atoms with Crippen molar-refractivity contribution in [3.63, 3.8) is 0 Å². The molecule has 0 N–H and O–H groups in total. The van der Waals surface area contributed by atoms with E-state index in [2.05, 4.69) is 11.2 Å². The highest BCUT2D eigenvalue weighted by Crippen LogP contribution is 2.27. The molecule has 1 fully saturated rings. The molecule has 0 amide bonds. The molecule has 0 atom stereocenters. The van der Waals surface area contributed by atoms with Crippen molar-refractivity contribution in [1.29, 1.82) is 0 Å². The van der Waals surface area contributed by atoms with Crippen molar-refractivity contribution in [1.82, 2.24) is 0 Å². The molecule has 2 rings (SSSR count). The van der Waals surface area contributed by atoms with Gasteiger partial charge in [-0.2, -0.15) is 0 Å². The van der Waals surface area contributed by atoms with E-state index in [9.17, 15) is 8.42 Å². The number of rotatable bonds is 1. The van der Waals surface area contributed by atoms with Crippen LogP contribution >= 0.6 is 0 Å². The van der Waals surface area contributed by atoms with Gasteiger partial charge in [-0.25, -0.2) is 8.42 Å². The second-order valence-electron chi connectivity index (χ2n) is 3.34. The summed E-state index contributed by atoms with van der Waals surface area (Å²) in [5, 5.41) is 2.36. The third-order valence-corrected chi connectivity index (χ3v) is 3.31. The highest BCUT2D eigenvalue weighted by atomic mass is 32.2. The summed E-state index contributed by atoms with van der Waals surface area (Å²) < 4.78 is 23.2. The molecule has 0 spiro atoms. The molecule has 0 radical (unpaired) electrons. The van der Waals surface area contributed by atoms with Crippen LogP contribution < -0.4 is 0 Å². The summed E-state index contributed by atoms with van der Waals surface area (Å²) in [5.74, 6) is 3.07. The van der Waals surface area contributed by atoms with Crippen LogP contribution in [-0.2, 0) is 9.84 Å². The minimum absolute atomic E-state index is 0.285. The SMILES string of the molecule is O=S(=O)(C#CC1CC1)c1ccccc1. The van der Waals surface area contributed by atoms with Gasteiger partial charge in [0.25, 0.3) is 0 Å². The Morgan fingerprint density at radius 3 is 2.36 bits per heavy atom. The van der Waals surface area contributed by atoms with Crippen molar-refractivity contribution in [2.75, 3.05) is 0 Å². The first-order valence-electron chi connectivity index (χ1n) is 4.51. The normalized spacial score (nSPS) is 15.7. The van der Waals surface area contributed by atoms with Gasteiger partial charge in [-0.3, -0.25) is 0 Å². The van der Waals surface area contributed by atoms with E-state index in [1.54, 1.807) is 30.3 Å². The van der Waals surface area contributed by atoms with Gasteiger partial charge < -0.3 is 0 Å². The zero-order chi connectivity index (χ0) is 10.0. The van der Waals surface area contributed by atoms with Crippen molar-refractivity contribution < 1.29 is 8.42 Å². The lowest BCUT2D eigenvalue weighted by molar-refractivity contribution is 0.606. The molecule has 1 aromatic rings. The van der Waals surface area contributed by atoms with Crippen molar-refractivity contribution in [3.8, 4) is 11.2 Å². The molecule has 1 saturated carbocycles. The van der Waals surface area contributed by atoms with Gasteiger partial charge in [-0.15, -0.1) is 0 Å². The molecular formula is C11H10O2S. The Kier molecular flexibility index (Phi) is 2.30. The Morgan fingerprint density at radius 2 is 1.79 bits per heavy atom. The molecule has 0 aliphatic heterocycles. The van der Waals surface area contributed by atoms with Gasteiger partial charge in [-0.1, -0.05) is 24.1 Å².